The third-order valence-electron chi connectivity index (χ3n) is 3.05. The normalized spacial score (nSPS) is 19.5. The lowest BCUT2D eigenvalue weighted by atomic mass is 9.64. The summed E-state index contributed by atoms with van der Waals surface area (Å²) >= 11 is 0. The Bertz CT molecular complexity index is 302. The van der Waals surface area contributed by atoms with Crippen molar-refractivity contribution < 1.29 is 4.39 Å². The van der Waals surface area contributed by atoms with Crippen LogP contribution in [0.2, 0.25) is 0 Å². The second-order valence-electron chi connectivity index (χ2n) is 3.69. The molecule has 2 rings (SSSR count). The van der Waals surface area contributed by atoms with Gasteiger partial charge in [0.05, 0.1) is 6.20 Å². The fourth-order valence-electron chi connectivity index (χ4n) is 1.99. The first-order chi connectivity index (χ1) is 6.28. The van der Waals surface area contributed by atoms with Crippen LogP contribution in [0.25, 0.3) is 0 Å². The summed E-state index contributed by atoms with van der Waals surface area (Å²) in [5.74, 6) is -0.215. The Kier molecular flexibility index (Phi) is 2.04. The summed E-state index contributed by atoms with van der Waals surface area (Å²) < 4.78 is 13.4. The molecule has 3 heteroatoms. The molecule has 1 aromatic heterocycles. The fraction of sp³-hybridized carbons (Fsp3) is 0.500. The standard InChI is InChI=1S/C10H13FN2/c11-9-6-13-5-2-8(9)10(7-12)3-1-4-10/h2,5-6H,1,3-4,7,12H2. The van der Waals surface area contributed by atoms with Gasteiger partial charge in [0.1, 0.15) is 5.82 Å². The summed E-state index contributed by atoms with van der Waals surface area (Å²) in [5.41, 5.74) is 6.34. The number of rotatable bonds is 2. The molecule has 0 amide bonds. The van der Waals surface area contributed by atoms with Gasteiger partial charge in [0.2, 0.25) is 0 Å². The van der Waals surface area contributed by atoms with Crippen molar-refractivity contribution in [3.63, 3.8) is 0 Å². The first-order valence-electron chi connectivity index (χ1n) is 4.58. The second-order valence-corrected chi connectivity index (χ2v) is 3.69. The molecule has 2 N–H and O–H groups in total. The van der Waals surface area contributed by atoms with Crippen molar-refractivity contribution in [3.05, 3.63) is 29.8 Å². The lowest BCUT2D eigenvalue weighted by Crippen LogP contribution is -2.42. The fourth-order valence-corrected chi connectivity index (χ4v) is 1.99. The maximum Gasteiger partial charge on any atom is 0.145 e. The van der Waals surface area contributed by atoms with Crippen molar-refractivity contribution in [2.24, 2.45) is 5.73 Å². The number of halogens is 1. The van der Waals surface area contributed by atoms with Crippen LogP contribution in [0.15, 0.2) is 18.5 Å². The summed E-state index contributed by atoms with van der Waals surface area (Å²) in [6.45, 7) is 0.536. The van der Waals surface area contributed by atoms with Gasteiger partial charge in [0.15, 0.2) is 0 Å². The average Bonchev–Trinajstić information content (AvgIpc) is 2.07. The van der Waals surface area contributed by atoms with E-state index < -0.39 is 0 Å². The molecule has 0 unspecified atom stereocenters. The van der Waals surface area contributed by atoms with Gasteiger partial charge in [-0.3, -0.25) is 4.98 Å². The molecule has 0 bridgehead atoms. The molecule has 13 heavy (non-hydrogen) atoms. The van der Waals surface area contributed by atoms with Crippen molar-refractivity contribution in [1.82, 2.24) is 4.98 Å². The van der Waals surface area contributed by atoms with E-state index in [9.17, 15) is 4.39 Å². The minimum Gasteiger partial charge on any atom is -0.330 e. The number of hydrogen-bond donors (Lipinski definition) is 1. The van der Waals surface area contributed by atoms with Crippen LogP contribution >= 0.6 is 0 Å². The van der Waals surface area contributed by atoms with Gasteiger partial charge in [0.25, 0.3) is 0 Å². The Hall–Kier alpha value is -0.960. The van der Waals surface area contributed by atoms with E-state index in [0.29, 0.717) is 6.54 Å². The molecule has 1 fully saturated rings. The summed E-state index contributed by atoms with van der Waals surface area (Å²) in [5, 5.41) is 0. The third-order valence-corrected chi connectivity index (χ3v) is 3.05. The van der Waals surface area contributed by atoms with Gasteiger partial charge in [0, 0.05) is 18.2 Å². The van der Waals surface area contributed by atoms with Gasteiger partial charge in [-0.25, -0.2) is 4.39 Å². The molecule has 1 heterocycles. The van der Waals surface area contributed by atoms with Crippen molar-refractivity contribution in [2.45, 2.75) is 24.7 Å². The molecule has 0 spiro atoms. The highest BCUT2D eigenvalue weighted by molar-refractivity contribution is 5.27. The highest BCUT2D eigenvalue weighted by Crippen LogP contribution is 2.43. The van der Waals surface area contributed by atoms with Crippen molar-refractivity contribution in [2.75, 3.05) is 6.54 Å². The molecule has 0 atom stereocenters. The van der Waals surface area contributed by atoms with E-state index >= 15 is 0 Å². The number of hydrogen-bond acceptors (Lipinski definition) is 2. The molecule has 1 aliphatic rings. The SMILES string of the molecule is NCC1(c2ccncc2F)CCC1. The smallest absolute Gasteiger partial charge is 0.145 e. The van der Waals surface area contributed by atoms with E-state index in [2.05, 4.69) is 4.98 Å². The van der Waals surface area contributed by atoms with Crippen LogP contribution < -0.4 is 5.73 Å². The second kappa shape index (κ2) is 3.07. The lowest BCUT2D eigenvalue weighted by Gasteiger charge is -2.41. The zero-order valence-electron chi connectivity index (χ0n) is 7.46. The van der Waals surface area contributed by atoms with Crippen molar-refractivity contribution >= 4 is 0 Å². The monoisotopic (exact) mass is 180 g/mol. The third kappa shape index (κ3) is 1.23. The van der Waals surface area contributed by atoms with E-state index in [1.54, 1.807) is 12.3 Å². The highest BCUT2D eigenvalue weighted by atomic mass is 19.1. The molecule has 0 aromatic carbocycles. The topological polar surface area (TPSA) is 38.9 Å². The van der Waals surface area contributed by atoms with E-state index in [1.165, 1.54) is 6.20 Å². The predicted octanol–water partition coefficient (Wildman–Crippen LogP) is 1.60. The quantitative estimate of drug-likeness (QED) is 0.750. The number of aromatic nitrogens is 1. The molecule has 0 saturated heterocycles. The van der Waals surface area contributed by atoms with Crippen molar-refractivity contribution in [3.8, 4) is 0 Å². The number of pyridine rings is 1. The van der Waals surface area contributed by atoms with Gasteiger partial charge >= 0.3 is 0 Å². The molecule has 1 aliphatic carbocycles. The Morgan fingerprint density at radius 3 is 2.77 bits per heavy atom. The average molecular weight is 180 g/mol. The Morgan fingerprint density at radius 2 is 2.31 bits per heavy atom. The predicted molar refractivity (Wildman–Crippen MR) is 48.8 cm³/mol. The first-order valence-corrected chi connectivity index (χ1v) is 4.58. The van der Waals surface area contributed by atoms with Gasteiger partial charge in [-0.2, -0.15) is 0 Å². The maximum absolute atomic E-state index is 13.4. The molecule has 1 aromatic rings. The lowest BCUT2D eigenvalue weighted by molar-refractivity contribution is 0.244. The minimum absolute atomic E-state index is 0.0903. The van der Waals surface area contributed by atoms with Crippen LogP contribution in [0.5, 0.6) is 0 Å². The van der Waals surface area contributed by atoms with Crippen LogP contribution in [0, 0.1) is 5.82 Å². The van der Waals surface area contributed by atoms with E-state index in [-0.39, 0.29) is 11.2 Å². The minimum atomic E-state index is -0.215. The zero-order valence-corrected chi connectivity index (χ0v) is 7.46. The molecule has 0 radical (unpaired) electrons. The largest absolute Gasteiger partial charge is 0.330 e. The summed E-state index contributed by atoms with van der Waals surface area (Å²) in [6.07, 6.45) is 6.06. The molecular formula is C10H13FN2. The summed E-state index contributed by atoms with van der Waals surface area (Å²) in [4.78, 5) is 3.74. The van der Waals surface area contributed by atoms with Crippen LogP contribution in [0.4, 0.5) is 4.39 Å². The molecule has 2 nitrogen and oxygen atoms in total. The molecule has 70 valence electrons. The van der Waals surface area contributed by atoms with Crippen LogP contribution in [0.1, 0.15) is 24.8 Å². The summed E-state index contributed by atoms with van der Waals surface area (Å²) in [7, 11) is 0. The van der Waals surface area contributed by atoms with Gasteiger partial charge < -0.3 is 5.73 Å². The van der Waals surface area contributed by atoms with Crippen molar-refractivity contribution in [1.29, 1.82) is 0 Å². The summed E-state index contributed by atoms with van der Waals surface area (Å²) in [6, 6.07) is 1.75. The van der Waals surface area contributed by atoms with E-state index in [0.717, 1.165) is 24.8 Å². The van der Waals surface area contributed by atoms with Crippen LogP contribution in [-0.4, -0.2) is 11.5 Å². The zero-order chi connectivity index (χ0) is 9.31. The Labute approximate surface area is 77.0 Å². The first kappa shape index (κ1) is 8.63. The number of nitrogens with zero attached hydrogens (tertiary/aromatic N) is 1. The van der Waals surface area contributed by atoms with E-state index in [1.807, 2.05) is 0 Å². The molecule has 0 aliphatic heterocycles. The molecular weight excluding hydrogens is 167 g/mol. The van der Waals surface area contributed by atoms with Gasteiger partial charge in [-0.15, -0.1) is 0 Å². The van der Waals surface area contributed by atoms with Gasteiger partial charge in [-0.05, 0) is 24.5 Å². The van der Waals surface area contributed by atoms with Crippen LogP contribution in [0.3, 0.4) is 0 Å². The molecule has 1 saturated carbocycles. The maximum atomic E-state index is 13.4. The number of nitrogens with two attached hydrogens (primary N) is 1. The van der Waals surface area contributed by atoms with Crippen LogP contribution in [-0.2, 0) is 5.41 Å². The Morgan fingerprint density at radius 1 is 1.54 bits per heavy atom. The Balaban J connectivity index is 2.38. The highest BCUT2D eigenvalue weighted by Gasteiger charge is 2.39. The van der Waals surface area contributed by atoms with Gasteiger partial charge in [-0.1, -0.05) is 6.42 Å². The van der Waals surface area contributed by atoms with E-state index in [4.69, 9.17) is 5.73 Å².